The van der Waals surface area contributed by atoms with Crippen molar-refractivity contribution in [1.82, 2.24) is 0 Å². The predicted molar refractivity (Wildman–Crippen MR) is 120 cm³/mol. The Hall–Kier alpha value is -2.17. The molecule has 1 aliphatic heterocycles. The highest BCUT2D eigenvalue weighted by molar-refractivity contribution is 5.93. The zero-order valence-electron chi connectivity index (χ0n) is 18.5. The maximum absolute atomic E-state index is 12.1. The Kier molecular flexibility index (Phi) is 4.98. The highest BCUT2D eigenvalue weighted by Gasteiger charge is 2.60. The molecule has 2 fully saturated rings. The SMILES string of the molecule is C=CC1(O)CCC2C3CCC4=CC(=O)CCC4=C3C(c3ccc(OC)cc3)OCC21C. The molecule has 0 bridgehead atoms. The average Bonchev–Trinajstić information content (AvgIpc) is 2.96. The van der Waals surface area contributed by atoms with E-state index in [1.807, 2.05) is 18.2 Å². The van der Waals surface area contributed by atoms with Crippen LogP contribution in [0.2, 0.25) is 0 Å². The van der Waals surface area contributed by atoms with Gasteiger partial charge in [-0.05, 0) is 84.4 Å². The van der Waals surface area contributed by atoms with Crippen molar-refractivity contribution in [3.05, 3.63) is 65.3 Å². The van der Waals surface area contributed by atoms with E-state index in [2.05, 4.69) is 25.6 Å². The summed E-state index contributed by atoms with van der Waals surface area (Å²) >= 11 is 0. The van der Waals surface area contributed by atoms with Gasteiger partial charge >= 0.3 is 0 Å². The molecule has 1 aromatic rings. The number of rotatable bonds is 3. The molecule has 31 heavy (non-hydrogen) atoms. The van der Waals surface area contributed by atoms with Crippen LogP contribution in [0.15, 0.2) is 59.7 Å². The Morgan fingerprint density at radius 1 is 1.19 bits per heavy atom. The molecule has 5 atom stereocenters. The van der Waals surface area contributed by atoms with Gasteiger partial charge in [-0.1, -0.05) is 25.1 Å². The van der Waals surface area contributed by atoms with E-state index in [4.69, 9.17) is 9.47 Å². The minimum absolute atomic E-state index is 0.167. The smallest absolute Gasteiger partial charge is 0.156 e. The van der Waals surface area contributed by atoms with Crippen molar-refractivity contribution >= 4 is 5.78 Å². The highest BCUT2D eigenvalue weighted by atomic mass is 16.5. The first-order valence-electron chi connectivity index (χ1n) is 11.5. The molecule has 0 aromatic heterocycles. The maximum Gasteiger partial charge on any atom is 0.156 e. The number of carbonyl (C=O) groups excluding carboxylic acids is 1. The molecule has 4 nitrogen and oxygen atoms in total. The third kappa shape index (κ3) is 3.07. The molecule has 1 N–H and O–H groups in total. The van der Waals surface area contributed by atoms with Crippen LogP contribution in [0.5, 0.6) is 5.75 Å². The summed E-state index contributed by atoms with van der Waals surface area (Å²) in [7, 11) is 1.67. The lowest BCUT2D eigenvalue weighted by Crippen LogP contribution is -2.47. The summed E-state index contributed by atoms with van der Waals surface area (Å²) in [5.74, 6) is 1.73. The van der Waals surface area contributed by atoms with Crippen LogP contribution in [0.25, 0.3) is 0 Å². The molecule has 1 aromatic carbocycles. The molecule has 3 aliphatic carbocycles. The minimum Gasteiger partial charge on any atom is -0.497 e. The van der Waals surface area contributed by atoms with Crippen LogP contribution in [0.1, 0.15) is 57.1 Å². The zero-order chi connectivity index (χ0) is 21.8. The summed E-state index contributed by atoms with van der Waals surface area (Å²) in [4.78, 5) is 12.1. The zero-order valence-corrected chi connectivity index (χ0v) is 18.5. The van der Waals surface area contributed by atoms with E-state index in [0.29, 0.717) is 24.9 Å². The van der Waals surface area contributed by atoms with Gasteiger partial charge in [0.15, 0.2) is 5.78 Å². The Balaban J connectivity index is 1.67. The second-order valence-corrected chi connectivity index (χ2v) is 9.87. The summed E-state index contributed by atoms with van der Waals surface area (Å²) < 4.78 is 12.1. The number of methoxy groups -OCH3 is 1. The Morgan fingerprint density at radius 2 is 1.97 bits per heavy atom. The van der Waals surface area contributed by atoms with Gasteiger partial charge in [0.2, 0.25) is 0 Å². The fourth-order valence-corrected chi connectivity index (χ4v) is 6.69. The van der Waals surface area contributed by atoms with E-state index in [1.165, 1.54) is 16.7 Å². The van der Waals surface area contributed by atoms with Gasteiger partial charge in [0.1, 0.15) is 11.9 Å². The summed E-state index contributed by atoms with van der Waals surface area (Å²) in [6.07, 6.45) is 8.44. The van der Waals surface area contributed by atoms with Crippen LogP contribution < -0.4 is 4.74 Å². The standard InChI is InChI=1S/C27H32O4/c1-4-27(29)14-13-23-22-11-7-18-15-19(28)8-12-21(18)24(22)25(31-16-26(23,27)2)17-5-9-20(30-3)10-6-17/h4-6,9-10,15,22-23,25,29H,1,7-8,11-14,16H2,2-3H3. The van der Waals surface area contributed by atoms with Gasteiger partial charge in [-0.15, -0.1) is 6.58 Å². The van der Waals surface area contributed by atoms with E-state index >= 15 is 0 Å². The lowest BCUT2D eigenvalue weighted by Gasteiger charge is -2.43. The molecule has 1 saturated heterocycles. The highest BCUT2D eigenvalue weighted by Crippen LogP contribution is 2.62. The molecule has 1 saturated carbocycles. The second-order valence-electron chi connectivity index (χ2n) is 9.87. The summed E-state index contributed by atoms with van der Waals surface area (Å²) in [6.45, 7) is 6.65. The molecular weight excluding hydrogens is 388 g/mol. The molecular formula is C27H32O4. The Morgan fingerprint density at radius 3 is 2.68 bits per heavy atom. The van der Waals surface area contributed by atoms with Gasteiger partial charge in [0.05, 0.1) is 19.3 Å². The average molecular weight is 421 g/mol. The predicted octanol–water partition coefficient (Wildman–Crippen LogP) is 5.10. The summed E-state index contributed by atoms with van der Waals surface area (Å²) in [6, 6.07) is 8.14. The van der Waals surface area contributed by atoms with Crippen molar-refractivity contribution in [2.24, 2.45) is 17.3 Å². The lowest BCUT2D eigenvalue weighted by atomic mass is 9.61. The molecule has 0 radical (unpaired) electrons. The van der Waals surface area contributed by atoms with Gasteiger partial charge in [-0.3, -0.25) is 4.79 Å². The molecule has 0 spiro atoms. The molecule has 5 unspecified atom stereocenters. The summed E-state index contributed by atoms with van der Waals surface area (Å²) in [5, 5.41) is 11.5. The van der Waals surface area contributed by atoms with Crippen LogP contribution >= 0.6 is 0 Å². The molecule has 4 heteroatoms. The molecule has 1 heterocycles. The van der Waals surface area contributed by atoms with Crippen molar-refractivity contribution < 1.29 is 19.4 Å². The van der Waals surface area contributed by atoms with Gasteiger partial charge in [0.25, 0.3) is 0 Å². The van der Waals surface area contributed by atoms with Crippen molar-refractivity contribution in [1.29, 1.82) is 0 Å². The minimum atomic E-state index is -0.916. The van der Waals surface area contributed by atoms with Gasteiger partial charge in [-0.2, -0.15) is 0 Å². The van der Waals surface area contributed by atoms with Gasteiger partial charge < -0.3 is 14.6 Å². The number of aliphatic hydroxyl groups is 1. The molecule has 164 valence electrons. The monoisotopic (exact) mass is 420 g/mol. The van der Waals surface area contributed by atoms with Crippen LogP contribution in [0.4, 0.5) is 0 Å². The third-order valence-electron chi connectivity index (χ3n) is 8.53. The van der Waals surface area contributed by atoms with Crippen LogP contribution in [0.3, 0.4) is 0 Å². The molecule has 4 aliphatic rings. The largest absolute Gasteiger partial charge is 0.497 e. The number of carbonyl (C=O) groups is 1. The first-order chi connectivity index (χ1) is 14.9. The number of ketones is 1. The van der Waals surface area contributed by atoms with Crippen molar-refractivity contribution in [2.45, 2.75) is 57.2 Å². The Labute approximate surface area is 184 Å². The fraction of sp³-hybridized carbons (Fsp3) is 0.519. The number of allylic oxidation sites excluding steroid dienone is 3. The van der Waals surface area contributed by atoms with Gasteiger partial charge in [-0.25, -0.2) is 0 Å². The number of hydrogen-bond donors (Lipinski definition) is 1. The fourth-order valence-electron chi connectivity index (χ4n) is 6.69. The van der Waals surface area contributed by atoms with Crippen molar-refractivity contribution in [3.8, 4) is 5.75 Å². The van der Waals surface area contributed by atoms with E-state index in [0.717, 1.165) is 43.4 Å². The molecule has 0 amide bonds. The topological polar surface area (TPSA) is 55.8 Å². The maximum atomic E-state index is 12.1. The number of benzene rings is 1. The molecule has 5 rings (SSSR count). The van der Waals surface area contributed by atoms with E-state index in [9.17, 15) is 9.90 Å². The first-order valence-corrected chi connectivity index (χ1v) is 11.5. The van der Waals surface area contributed by atoms with Crippen LogP contribution in [-0.4, -0.2) is 30.2 Å². The lowest BCUT2D eigenvalue weighted by molar-refractivity contribution is -0.114. The van der Waals surface area contributed by atoms with Crippen LogP contribution in [-0.2, 0) is 9.53 Å². The summed E-state index contributed by atoms with van der Waals surface area (Å²) in [5.41, 5.74) is 3.69. The third-order valence-corrected chi connectivity index (χ3v) is 8.53. The number of fused-ring (bicyclic) bond motifs is 4. The number of ether oxygens (including phenoxy) is 2. The quantitative estimate of drug-likeness (QED) is 0.692. The van der Waals surface area contributed by atoms with E-state index in [-0.39, 0.29) is 17.3 Å². The second kappa shape index (κ2) is 7.46. The van der Waals surface area contributed by atoms with Crippen LogP contribution in [0, 0.1) is 17.3 Å². The van der Waals surface area contributed by atoms with Crippen molar-refractivity contribution in [3.63, 3.8) is 0 Å². The van der Waals surface area contributed by atoms with E-state index < -0.39 is 5.60 Å². The van der Waals surface area contributed by atoms with E-state index in [1.54, 1.807) is 13.2 Å². The van der Waals surface area contributed by atoms with Gasteiger partial charge in [0, 0.05) is 11.8 Å². The Bertz CT molecular complexity index is 971. The normalized spacial score (nSPS) is 37.3. The van der Waals surface area contributed by atoms with Crippen molar-refractivity contribution in [2.75, 3.05) is 13.7 Å². The first kappa shape index (κ1) is 20.7. The number of hydrogen-bond acceptors (Lipinski definition) is 4.